The molecule has 7 N–H and O–H groups in total. The van der Waals surface area contributed by atoms with Crippen LogP contribution in [0.5, 0.6) is 0 Å². The molecule has 0 radical (unpaired) electrons. The second-order valence-corrected chi connectivity index (χ2v) is 5.66. The lowest BCUT2D eigenvalue weighted by Gasteiger charge is -2.14. The Kier molecular flexibility index (Phi) is 5.23. The molecule has 118 valence electrons. The molecule has 0 saturated heterocycles. The molecule has 0 bridgehead atoms. The van der Waals surface area contributed by atoms with Crippen molar-refractivity contribution in [3.05, 3.63) is 12.0 Å². The summed E-state index contributed by atoms with van der Waals surface area (Å²) in [7, 11) is -4.52. The van der Waals surface area contributed by atoms with Crippen LogP contribution >= 0.6 is 0 Å². The van der Waals surface area contributed by atoms with Crippen molar-refractivity contribution >= 4 is 27.9 Å². The van der Waals surface area contributed by atoms with Gasteiger partial charge in [0.2, 0.25) is 0 Å². The van der Waals surface area contributed by atoms with Gasteiger partial charge in [0.25, 0.3) is 10.1 Å². The Morgan fingerprint density at radius 2 is 2.00 bits per heavy atom. The van der Waals surface area contributed by atoms with Gasteiger partial charge < -0.3 is 26.2 Å². The fourth-order valence-corrected chi connectivity index (χ4v) is 2.11. The molecule has 1 heterocycles. The maximum Gasteiger partial charge on any atom is 0.327 e. The predicted octanol–water partition coefficient (Wildman–Crippen LogP) is -1.88. The average molecular weight is 322 g/mol. The minimum absolute atomic E-state index is 0.0530. The van der Waals surface area contributed by atoms with Gasteiger partial charge in [0.1, 0.15) is 23.7 Å². The Hall–Kier alpha value is -2.18. The Morgan fingerprint density at radius 1 is 1.38 bits per heavy atom. The second-order valence-electron chi connectivity index (χ2n) is 4.16. The van der Waals surface area contributed by atoms with Gasteiger partial charge in [-0.25, -0.2) is 9.78 Å². The molecule has 0 spiro atoms. The summed E-state index contributed by atoms with van der Waals surface area (Å²) in [5.74, 6) is -3.91. The SMILES string of the molecule is N[C@@H](Cc1[nH]cnc1N[C@@H](CS(=O)(=O)O)C(=O)O)C(=O)O. The topological polar surface area (TPSA) is 196 Å². The fourth-order valence-electron chi connectivity index (χ4n) is 1.46. The van der Waals surface area contributed by atoms with Gasteiger partial charge >= 0.3 is 11.9 Å². The minimum atomic E-state index is -4.52. The number of carboxylic acid groups (broad SMARTS) is 2. The van der Waals surface area contributed by atoms with Crippen molar-refractivity contribution in [1.82, 2.24) is 9.97 Å². The van der Waals surface area contributed by atoms with Gasteiger partial charge in [-0.05, 0) is 0 Å². The van der Waals surface area contributed by atoms with E-state index in [0.29, 0.717) is 0 Å². The largest absolute Gasteiger partial charge is 0.480 e. The van der Waals surface area contributed by atoms with Crippen molar-refractivity contribution < 1.29 is 32.8 Å². The molecule has 0 aliphatic carbocycles. The standard InChI is InChI=1S/C9H14N4O7S/c10-4(8(14)15)1-5-7(12-3-11-5)13-6(9(16)17)2-21(18,19)20/h3-4,6,13H,1-2,10H2,(H,11,12)(H,14,15)(H,16,17)(H,18,19,20)/t4-,6-/m0/s1. The molecule has 1 aromatic heterocycles. The molecule has 1 rings (SSSR count). The monoisotopic (exact) mass is 322 g/mol. The van der Waals surface area contributed by atoms with E-state index in [-0.39, 0.29) is 17.9 Å². The zero-order chi connectivity index (χ0) is 16.2. The third-order valence-corrected chi connectivity index (χ3v) is 3.20. The van der Waals surface area contributed by atoms with Crippen LogP contribution in [0.25, 0.3) is 0 Å². The van der Waals surface area contributed by atoms with E-state index >= 15 is 0 Å². The first-order valence-corrected chi connectivity index (χ1v) is 7.16. The van der Waals surface area contributed by atoms with E-state index in [1.165, 1.54) is 6.33 Å². The van der Waals surface area contributed by atoms with Crippen molar-refractivity contribution in [2.45, 2.75) is 18.5 Å². The van der Waals surface area contributed by atoms with Gasteiger partial charge in [0.15, 0.2) is 0 Å². The molecule has 11 nitrogen and oxygen atoms in total. The second kappa shape index (κ2) is 6.51. The molecule has 12 heteroatoms. The molecule has 2 atom stereocenters. The molecule has 1 aromatic rings. The van der Waals surface area contributed by atoms with E-state index in [1.807, 2.05) is 0 Å². The van der Waals surface area contributed by atoms with Crippen LogP contribution < -0.4 is 11.1 Å². The summed E-state index contributed by atoms with van der Waals surface area (Å²) in [5, 5.41) is 19.9. The maximum atomic E-state index is 11.0. The fraction of sp³-hybridized carbons (Fsp3) is 0.444. The number of aromatic nitrogens is 2. The van der Waals surface area contributed by atoms with E-state index in [9.17, 15) is 18.0 Å². The highest BCUT2D eigenvalue weighted by Crippen LogP contribution is 2.13. The summed E-state index contributed by atoms with van der Waals surface area (Å²) in [6, 6.07) is -2.89. The number of carboxylic acids is 2. The Morgan fingerprint density at radius 3 is 2.48 bits per heavy atom. The van der Waals surface area contributed by atoms with Crippen molar-refractivity contribution in [2.24, 2.45) is 5.73 Å². The zero-order valence-electron chi connectivity index (χ0n) is 10.6. The quantitative estimate of drug-likeness (QED) is 0.294. The van der Waals surface area contributed by atoms with E-state index in [0.717, 1.165) is 0 Å². The van der Waals surface area contributed by atoms with Crippen LogP contribution in [0.15, 0.2) is 6.33 Å². The van der Waals surface area contributed by atoms with Gasteiger partial charge in [0.05, 0.1) is 12.0 Å². The minimum Gasteiger partial charge on any atom is -0.480 e. The number of carbonyl (C=O) groups is 2. The van der Waals surface area contributed by atoms with Crippen molar-refractivity contribution in [3.63, 3.8) is 0 Å². The summed E-state index contributed by atoms with van der Waals surface area (Å²) in [4.78, 5) is 27.9. The number of rotatable bonds is 8. The normalized spacial score (nSPS) is 14.4. The highest BCUT2D eigenvalue weighted by atomic mass is 32.2. The molecule has 0 aliphatic rings. The predicted molar refractivity (Wildman–Crippen MR) is 69.4 cm³/mol. The van der Waals surface area contributed by atoms with Gasteiger partial charge in [-0.1, -0.05) is 0 Å². The van der Waals surface area contributed by atoms with E-state index < -0.39 is 39.9 Å². The number of aromatic amines is 1. The molecule has 0 amide bonds. The molecule has 0 fully saturated rings. The third-order valence-electron chi connectivity index (χ3n) is 2.45. The van der Waals surface area contributed by atoms with Gasteiger partial charge in [-0.2, -0.15) is 8.42 Å². The lowest BCUT2D eigenvalue weighted by atomic mass is 10.1. The third kappa shape index (κ3) is 5.37. The lowest BCUT2D eigenvalue weighted by Crippen LogP contribution is -2.37. The highest BCUT2D eigenvalue weighted by Gasteiger charge is 2.26. The van der Waals surface area contributed by atoms with Crippen LogP contribution in [0.4, 0.5) is 5.82 Å². The summed E-state index contributed by atoms with van der Waals surface area (Å²) < 4.78 is 30.2. The summed E-state index contributed by atoms with van der Waals surface area (Å²) in [6.45, 7) is 0. The van der Waals surface area contributed by atoms with Crippen molar-refractivity contribution in [2.75, 3.05) is 11.1 Å². The van der Waals surface area contributed by atoms with Gasteiger partial charge in [-0.15, -0.1) is 0 Å². The number of nitrogens with two attached hydrogens (primary N) is 1. The number of nitrogens with one attached hydrogen (secondary N) is 2. The number of aliphatic carboxylic acids is 2. The van der Waals surface area contributed by atoms with Crippen LogP contribution in [0, 0.1) is 0 Å². The number of hydrogen-bond acceptors (Lipinski definition) is 7. The Balaban J connectivity index is 2.88. The van der Waals surface area contributed by atoms with Crippen LogP contribution in [-0.4, -0.2) is 62.9 Å². The van der Waals surface area contributed by atoms with Crippen LogP contribution in [0.1, 0.15) is 5.69 Å². The summed E-state index contributed by atoms with van der Waals surface area (Å²) >= 11 is 0. The van der Waals surface area contributed by atoms with Crippen LogP contribution in [0.2, 0.25) is 0 Å². The van der Waals surface area contributed by atoms with Gasteiger partial charge in [0, 0.05) is 6.42 Å². The van der Waals surface area contributed by atoms with E-state index in [2.05, 4.69) is 15.3 Å². The molecular weight excluding hydrogens is 308 g/mol. The molecule has 0 saturated carbocycles. The molecular formula is C9H14N4O7S. The Labute approximate surface area is 118 Å². The first kappa shape index (κ1) is 16.9. The van der Waals surface area contributed by atoms with E-state index in [4.69, 9.17) is 20.5 Å². The lowest BCUT2D eigenvalue weighted by molar-refractivity contribution is -0.139. The Bertz CT molecular complexity index is 626. The number of nitrogens with zero attached hydrogens (tertiary/aromatic N) is 1. The summed E-state index contributed by atoms with van der Waals surface area (Å²) in [6.07, 6.45) is 0.995. The highest BCUT2D eigenvalue weighted by molar-refractivity contribution is 7.85. The molecule has 0 aromatic carbocycles. The average Bonchev–Trinajstić information content (AvgIpc) is 2.73. The van der Waals surface area contributed by atoms with Crippen LogP contribution in [0.3, 0.4) is 0 Å². The number of anilines is 1. The van der Waals surface area contributed by atoms with E-state index in [1.54, 1.807) is 0 Å². The zero-order valence-corrected chi connectivity index (χ0v) is 11.4. The molecule has 0 aliphatic heterocycles. The van der Waals surface area contributed by atoms with Gasteiger partial charge in [-0.3, -0.25) is 9.35 Å². The first-order chi connectivity index (χ1) is 9.60. The summed E-state index contributed by atoms with van der Waals surface area (Å²) in [5.41, 5.74) is 5.54. The number of hydrogen-bond donors (Lipinski definition) is 6. The van der Waals surface area contributed by atoms with Crippen LogP contribution in [-0.2, 0) is 26.1 Å². The molecule has 0 unspecified atom stereocenters. The number of H-pyrrole nitrogens is 1. The van der Waals surface area contributed by atoms with Crippen molar-refractivity contribution in [1.29, 1.82) is 0 Å². The number of imidazole rings is 1. The maximum absolute atomic E-state index is 11.0. The first-order valence-electron chi connectivity index (χ1n) is 5.55. The molecule has 21 heavy (non-hydrogen) atoms. The smallest absolute Gasteiger partial charge is 0.327 e. The van der Waals surface area contributed by atoms with Crippen molar-refractivity contribution in [3.8, 4) is 0 Å².